The molecule has 1 saturated carbocycles. The van der Waals surface area contributed by atoms with Crippen LogP contribution in [0.3, 0.4) is 0 Å². The topological polar surface area (TPSA) is 55.0 Å². The van der Waals surface area contributed by atoms with Crippen molar-refractivity contribution in [1.82, 2.24) is 10.2 Å². The van der Waals surface area contributed by atoms with Crippen LogP contribution in [0.2, 0.25) is 0 Å². The van der Waals surface area contributed by atoms with Crippen LogP contribution in [-0.2, 0) is 0 Å². The lowest BCUT2D eigenvalue weighted by Gasteiger charge is -2.35. The van der Waals surface area contributed by atoms with Crippen LogP contribution >= 0.6 is 12.2 Å². The average Bonchev–Trinajstić information content (AvgIpc) is 2.38. The second-order valence-electron chi connectivity index (χ2n) is 5.17. The van der Waals surface area contributed by atoms with Crippen molar-refractivity contribution in [2.24, 2.45) is 11.7 Å². The van der Waals surface area contributed by atoms with Gasteiger partial charge in [-0.15, -0.1) is 5.10 Å². The summed E-state index contributed by atoms with van der Waals surface area (Å²) in [7, 11) is 2.06. The van der Waals surface area contributed by atoms with Gasteiger partial charge >= 0.3 is 0 Å². The summed E-state index contributed by atoms with van der Waals surface area (Å²) in [6.45, 7) is 2.31. The largest absolute Gasteiger partial charge is 0.389 e. The summed E-state index contributed by atoms with van der Waals surface area (Å²) in [5.74, 6) is 1.58. The van der Waals surface area contributed by atoms with E-state index in [-0.39, 0.29) is 0 Å². The summed E-state index contributed by atoms with van der Waals surface area (Å²) in [6, 6.07) is 2.35. The minimum atomic E-state index is 0.385. The second kappa shape index (κ2) is 5.61. The Labute approximate surface area is 114 Å². The van der Waals surface area contributed by atoms with Crippen LogP contribution in [0.5, 0.6) is 0 Å². The van der Waals surface area contributed by atoms with Crippen molar-refractivity contribution >= 4 is 23.0 Å². The van der Waals surface area contributed by atoms with Crippen LogP contribution in [0, 0.1) is 5.92 Å². The predicted octanol–water partition coefficient (Wildman–Crippen LogP) is 2.13. The molecule has 2 atom stereocenters. The number of nitrogens with two attached hydrogens (primary N) is 1. The smallest absolute Gasteiger partial charge is 0.161 e. The predicted molar refractivity (Wildman–Crippen MR) is 77.7 cm³/mol. The molecule has 2 N–H and O–H groups in total. The standard InChI is InChI=1S/C13H20N4S/c1-9-4-3-5-10(8-9)17(2)13-11(12(14)18)6-7-15-16-13/h6-7,9-10H,3-5,8H2,1-2H3,(H2,14,18). The number of aromatic nitrogens is 2. The molecule has 4 nitrogen and oxygen atoms in total. The maximum Gasteiger partial charge on any atom is 0.161 e. The summed E-state index contributed by atoms with van der Waals surface area (Å²) < 4.78 is 0. The molecule has 2 rings (SSSR count). The van der Waals surface area contributed by atoms with Gasteiger partial charge in [-0.2, -0.15) is 5.10 Å². The molecule has 0 aliphatic heterocycles. The van der Waals surface area contributed by atoms with Crippen LogP contribution in [0.1, 0.15) is 38.2 Å². The van der Waals surface area contributed by atoms with Crippen molar-refractivity contribution in [1.29, 1.82) is 0 Å². The van der Waals surface area contributed by atoms with Crippen molar-refractivity contribution in [2.45, 2.75) is 38.6 Å². The normalized spacial score (nSPS) is 23.7. The molecule has 18 heavy (non-hydrogen) atoms. The third-order valence-corrected chi connectivity index (χ3v) is 3.98. The van der Waals surface area contributed by atoms with Gasteiger partial charge in [0, 0.05) is 13.1 Å². The molecule has 0 saturated heterocycles. The first-order valence-corrected chi connectivity index (χ1v) is 6.84. The fourth-order valence-corrected chi connectivity index (χ4v) is 2.86. The van der Waals surface area contributed by atoms with Crippen LogP contribution in [0.25, 0.3) is 0 Å². The Kier molecular flexibility index (Phi) is 4.11. The van der Waals surface area contributed by atoms with Crippen LogP contribution in [0.4, 0.5) is 5.82 Å². The Bertz CT molecular complexity index is 435. The van der Waals surface area contributed by atoms with Crippen molar-refractivity contribution in [2.75, 3.05) is 11.9 Å². The molecular weight excluding hydrogens is 244 g/mol. The molecule has 1 aliphatic carbocycles. The maximum atomic E-state index is 5.75. The molecule has 98 valence electrons. The highest BCUT2D eigenvalue weighted by atomic mass is 32.1. The highest BCUT2D eigenvalue weighted by Gasteiger charge is 2.25. The Morgan fingerprint density at radius 1 is 1.50 bits per heavy atom. The van der Waals surface area contributed by atoms with Crippen molar-refractivity contribution < 1.29 is 0 Å². The zero-order chi connectivity index (χ0) is 13.1. The molecule has 5 heteroatoms. The number of anilines is 1. The highest BCUT2D eigenvalue weighted by molar-refractivity contribution is 7.80. The van der Waals surface area contributed by atoms with Gasteiger partial charge in [0.2, 0.25) is 0 Å². The summed E-state index contributed by atoms with van der Waals surface area (Å²) in [5.41, 5.74) is 6.57. The minimum absolute atomic E-state index is 0.385. The van der Waals surface area contributed by atoms with E-state index in [1.807, 2.05) is 6.07 Å². The van der Waals surface area contributed by atoms with Gasteiger partial charge in [0.1, 0.15) is 4.99 Å². The molecule has 0 amide bonds. The zero-order valence-electron chi connectivity index (χ0n) is 11.0. The van der Waals surface area contributed by atoms with E-state index in [1.54, 1.807) is 6.20 Å². The first-order chi connectivity index (χ1) is 8.59. The van der Waals surface area contributed by atoms with Gasteiger partial charge in [0.25, 0.3) is 0 Å². The second-order valence-corrected chi connectivity index (χ2v) is 5.61. The van der Waals surface area contributed by atoms with Gasteiger partial charge in [-0.1, -0.05) is 32.0 Å². The van der Waals surface area contributed by atoms with Gasteiger partial charge in [-0.05, 0) is 24.8 Å². The number of nitrogens with zero attached hydrogens (tertiary/aromatic N) is 3. The van der Waals surface area contributed by atoms with E-state index in [9.17, 15) is 0 Å². The number of hydrogen-bond acceptors (Lipinski definition) is 4. The molecule has 0 radical (unpaired) electrons. The van der Waals surface area contributed by atoms with Gasteiger partial charge in [-0.3, -0.25) is 0 Å². The van der Waals surface area contributed by atoms with E-state index in [1.165, 1.54) is 25.7 Å². The molecule has 0 spiro atoms. The molecular formula is C13H20N4S. The Morgan fingerprint density at radius 2 is 2.28 bits per heavy atom. The van der Waals surface area contributed by atoms with Gasteiger partial charge < -0.3 is 10.6 Å². The SMILES string of the molecule is CC1CCCC(N(C)c2nnccc2C(N)=S)C1. The highest BCUT2D eigenvalue weighted by Crippen LogP contribution is 2.29. The van der Waals surface area contributed by atoms with E-state index in [0.717, 1.165) is 17.3 Å². The maximum absolute atomic E-state index is 5.75. The van der Waals surface area contributed by atoms with Crippen molar-refractivity contribution in [3.05, 3.63) is 17.8 Å². The molecule has 0 aromatic carbocycles. The first kappa shape index (κ1) is 13.2. The fraction of sp³-hybridized carbons (Fsp3) is 0.615. The number of thiocarbonyl (C=S) groups is 1. The lowest BCUT2D eigenvalue weighted by Crippen LogP contribution is -2.37. The lowest BCUT2D eigenvalue weighted by molar-refractivity contribution is 0.335. The van der Waals surface area contributed by atoms with Crippen LogP contribution in [0.15, 0.2) is 12.3 Å². The summed E-state index contributed by atoms with van der Waals surface area (Å²) in [4.78, 5) is 2.58. The fourth-order valence-electron chi connectivity index (χ4n) is 2.70. The van der Waals surface area contributed by atoms with Crippen molar-refractivity contribution in [3.63, 3.8) is 0 Å². The van der Waals surface area contributed by atoms with Crippen LogP contribution < -0.4 is 10.6 Å². The molecule has 1 aliphatic rings. The minimum Gasteiger partial charge on any atom is -0.389 e. The van der Waals surface area contributed by atoms with Gasteiger partial charge in [0.15, 0.2) is 5.82 Å². The summed E-state index contributed by atoms with van der Waals surface area (Å²) in [6.07, 6.45) is 6.64. The summed E-state index contributed by atoms with van der Waals surface area (Å²) >= 11 is 5.08. The summed E-state index contributed by atoms with van der Waals surface area (Å²) in [5, 5.41) is 8.16. The number of hydrogen-bond donors (Lipinski definition) is 1. The third kappa shape index (κ3) is 2.77. The molecule has 1 heterocycles. The zero-order valence-corrected chi connectivity index (χ0v) is 11.8. The van der Waals surface area contributed by atoms with E-state index in [4.69, 9.17) is 18.0 Å². The monoisotopic (exact) mass is 264 g/mol. The quantitative estimate of drug-likeness (QED) is 0.848. The molecule has 1 aromatic rings. The Morgan fingerprint density at radius 3 is 2.94 bits per heavy atom. The molecule has 1 fully saturated rings. The van der Waals surface area contributed by atoms with E-state index >= 15 is 0 Å². The lowest BCUT2D eigenvalue weighted by atomic mass is 9.86. The Balaban J connectivity index is 2.22. The first-order valence-electron chi connectivity index (χ1n) is 6.44. The van der Waals surface area contributed by atoms with Gasteiger partial charge in [0.05, 0.1) is 11.8 Å². The third-order valence-electron chi connectivity index (χ3n) is 3.76. The van der Waals surface area contributed by atoms with Gasteiger partial charge in [-0.25, -0.2) is 0 Å². The number of rotatable bonds is 3. The van der Waals surface area contributed by atoms with E-state index in [2.05, 4.69) is 29.1 Å². The average molecular weight is 264 g/mol. The molecule has 2 unspecified atom stereocenters. The van der Waals surface area contributed by atoms with E-state index < -0.39 is 0 Å². The van der Waals surface area contributed by atoms with E-state index in [0.29, 0.717) is 11.0 Å². The van der Waals surface area contributed by atoms with Crippen LogP contribution in [-0.4, -0.2) is 28.3 Å². The Hall–Kier alpha value is -1.23. The molecule has 0 bridgehead atoms. The molecule has 1 aromatic heterocycles. The van der Waals surface area contributed by atoms with Crippen molar-refractivity contribution in [3.8, 4) is 0 Å².